The number of sulfonamides is 1. The summed E-state index contributed by atoms with van der Waals surface area (Å²) in [6.45, 7) is 0. The third-order valence-corrected chi connectivity index (χ3v) is 5.37. The predicted octanol–water partition coefficient (Wildman–Crippen LogP) is 3.01. The molecule has 0 heterocycles. The van der Waals surface area contributed by atoms with Crippen LogP contribution in [0.4, 0.5) is 0 Å². The van der Waals surface area contributed by atoms with Crippen molar-refractivity contribution in [3.8, 4) is 17.2 Å². The van der Waals surface area contributed by atoms with Crippen LogP contribution in [0.3, 0.4) is 0 Å². The van der Waals surface area contributed by atoms with Crippen molar-refractivity contribution in [3.63, 3.8) is 0 Å². The molecule has 0 saturated carbocycles. The first kappa shape index (κ1) is 20.0. The van der Waals surface area contributed by atoms with Gasteiger partial charge in [0.1, 0.15) is 17.2 Å². The van der Waals surface area contributed by atoms with Crippen molar-refractivity contribution in [2.24, 2.45) is 0 Å². The van der Waals surface area contributed by atoms with E-state index >= 15 is 0 Å². The first-order chi connectivity index (χ1) is 13.8. The number of carbonyl (C=O) groups excluding carboxylic acids is 1. The number of nitrogens with one attached hydrogen (secondary N) is 1. The molecule has 0 aliphatic heterocycles. The number of ketones is 1. The number of allylic oxidation sites excluding steroid dienone is 1. The average molecular weight is 411 g/mol. The van der Waals surface area contributed by atoms with Gasteiger partial charge in [-0.15, -0.1) is 0 Å². The molecule has 3 rings (SSSR count). The normalized spacial score (nSPS) is 11.8. The highest BCUT2D eigenvalue weighted by Crippen LogP contribution is 2.26. The SMILES string of the molecule is O=C(C(=Cc1ccc(O)cc1O)NS(=O)(=O)c1ccc(O)cc1)c1ccccc1. The summed E-state index contributed by atoms with van der Waals surface area (Å²) in [4.78, 5) is 12.8. The lowest BCUT2D eigenvalue weighted by Crippen LogP contribution is -2.27. The number of carbonyl (C=O) groups is 1. The Labute approximate surface area is 167 Å². The maximum atomic E-state index is 12.9. The molecule has 0 radical (unpaired) electrons. The second kappa shape index (κ2) is 8.07. The van der Waals surface area contributed by atoms with Crippen LogP contribution in [0.1, 0.15) is 15.9 Å². The summed E-state index contributed by atoms with van der Waals surface area (Å²) < 4.78 is 27.7. The van der Waals surface area contributed by atoms with Crippen molar-refractivity contribution in [1.29, 1.82) is 0 Å². The van der Waals surface area contributed by atoms with Crippen LogP contribution < -0.4 is 4.72 Å². The van der Waals surface area contributed by atoms with E-state index in [-0.39, 0.29) is 39.0 Å². The lowest BCUT2D eigenvalue weighted by Gasteiger charge is -2.12. The van der Waals surface area contributed by atoms with Crippen LogP contribution >= 0.6 is 0 Å². The summed E-state index contributed by atoms with van der Waals surface area (Å²) in [7, 11) is -4.15. The molecule has 7 nitrogen and oxygen atoms in total. The zero-order valence-corrected chi connectivity index (χ0v) is 15.8. The minimum atomic E-state index is -4.15. The molecule has 0 saturated heterocycles. The van der Waals surface area contributed by atoms with Gasteiger partial charge in [0.05, 0.1) is 10.6 Å². The summed E-state index contributed by atoms with van der Waals surface area (Å²) in [5.74, 6) is -1.22. The Morgan fingerprint density at radius 2 is 1.45 bits per heavy atom. The molecular formula is C21H17NO6S. The van der Waals surface area contributed by atoms with Gasteiger partial charge >= 0.3 is 0 Å². The Kier molecular flexibility index (Phi) is 5.56. The van der Waals surface area contributed by atoms with E-state index in [1.165, 1.54) is 54.6 Å². The zero-order valence-electron chi connectivity index (χ0n) is 15.0. The number of rotatable bonds is 6. The fraction of sp³-hybridized carbons (Fsp3) is 0. The lowest BCUT2D eigenvalue weighted by molar-refractivity contribution is 0.103. The molecule has 0 aliphatic rings. The predicted molar refractivity (Wildman–Crippen MR) is 107 cm³/mol. The largest absolute Gasteiger partial charge is 0.508 e. The van der Waals surface area contributed by atoms with E-state index < -0.39 is 15.8 Å². The van der Waals surface area contributed by atoms with Gasteiger partial charge in [0.2, 0.25) is 5.78 Å². The monoisotopic (exact) mass is 411 g/mol. The van der Waals surface area contributed by atoms with E-state index in [4.69, 9.17) is 0 Å². The molecular weight excluding hydrogens is 394 g/mol. The highest BCUT2D eigenvalue weighted by Gasteiger charge is 2.21. The Morgan fingerprint density at radius 1 is 0.828 bits per heavy atom. The minimum Gasteiger partial charge on any atom is -0.508 e. The van der Waals surface area contributed by atoms with Gasteiger partial charge in [0, 0.05) is 17.2 Å². The molecule has 0 aromatic heterocycles. The molecule has 0 bridgehead atoms. The molecule has 29 heavy (non-hydrogen) atoms. The van der Waals surface area contributed by atoms with Gasteiger partial charge < -0.3 is 15.3 Å². The second-order valence-corrected chi connectivity index (χ2v) is 7.78. The number of benzene rings is 3. The number of phenols is 3. The van der Waals surface area contributed by atoms with E-state index in [0.29, 0.717) is 0 Å². The van der Waals surface area contributed by atoms with Crippen LogP contribution in [0.25, 0.3) is 6.08 Å². The number of Topliss-reactive ketones (excluding diaryl/α,β-unsaturated/α-hetero) is 1. The summed E-state index contributed by atoms with van der Waals surface area (Å²) in [6, 6.07) is 16.6. The van der Waals surface area contributed by atoms with E-state index in [2.05, 4.69) is 4.72 Å². The van der Waals surface area contributed by atoms with Crippen LogP contribution in [0.5, 0.6) is 17.2 Å². The third-order valence-electron chi connectivity index (χ3n) is 3.99. The second-order valence-electron chi connectivity index (χ2n) is 6.10. The first-order valence-corrected chi connectivity index (χ1v) is 9.90. The first-order valence-electron chi connectivity index (χ1n) is 8.41. The molecule has 0 spiro atoms. The minimum absolute atomic E-state index is 0.103. The fourth-order valence-electron chi connectivity index (χ4n) is 2.52. The van der Waals surface area contributed by atoms with Gasteiger partial charge in [-0.25, -0.2) is 8.42 Å². The van der Waals surface area contributed by atoms with Crippen LogP contribution in [0.15, 0.2) is 83.4 Å². The average Bonchev–Trinajstić information content (AvgIpc) is 2.69. The van der Waals surface area contributed by atoms with Crippen LogP contribution in [0, 0.1) is 0 Å². The quantitative estimate of drug-likeness (QED) is 0.365. The van der Waals surface area contributed by atoms with Crippen LogP contribution in [-0.2, 0) is 10.0 Å². The standard InChI is InChI=1S/C21H17NO6S/c23-16-8-10-18(11-9-16)29(27,28)22-19(21(26)14-4-2-1-3-5-14)12-15-6-7-17(24)13-20(15)25/h1-13,22-25H. The molecule has 0 unspecified atom stereocenters. The van der Waals surface area contributed by atoms with Crippen LogP contribution in [0.2, 0.25) is 0 Å². The summed E-state index contributed by atoms with van der Waals surface area (Å²) >= 11 is 0. The van der Waals surface area contributed by atoms with Crippen molar-refractivity contribution in [1.82, 2.24) is 4.72 Å². The molecule has 0 aliphatic carbocycles. The summed E-state index contributed by atoms with van der Waals surface area (Å²) in [5, 5.41) is 28.8. The Bertz CT molecular complexity index is 1170. The highest BCUT2D eigenvalue weighted by atomic mass is 32.2. The smallest absolute Gasteiger partial charge is 0.262 e. The molecule has 4 N–H and O–H groups in total. The maximum absolute atomic E-state index is 12.9. The van der Waals surface area contributed by atoms with Crippen molar-refractivity contribution in [2.75, 3.05) is 0 Å². The maximum Gasteiger partial charge on any atom is 0.262 e. The highest BCUT2D eigenvalue weighted by molar-refractivity contribution is 7.89. The van der Waals surface area contributed by atoms with Gasteiger partial charge in [0.15, 0.2) is 0 Å². The molecule has 0 amide bonds. The summed E-state index contributed by atoms with van der Waals surface area (Å²) in [5.41, 5.74) is 0.0752. The van der Waals surface area contributed by atoms with E-state index in [1.54, 1.807) is 18.2 Å². The number of hydrogen-bond acceptors (Lipinski definition) is 6. The molecule has 8 heteroatoms. The Balaban J connectivity index is 2.06. The van der Waals surface area contributed by atoms with Gasteiger partial charge in [-0.05, 0) is 42.5 Å². The van der Waals surface area contributed by atoms with Gasteiger partial charge in [0.25, 0.3) is 10.0 Å². The van der Waals surface area contributed by atoms with Gasteiger partial charge in [-0.2, -0.15) is 0 Å². The Morgan fingerprint density at radius 3 is 2.07 bits per heavy atom. The van der Waals surface area contributed by atoms with Crippen molar-refractivity contribution < 1.29 is 28.5 Å². The molecule has 0 fully saturated rings. The van der Waals surface area contributed by atoms with Gasteiger partial charge in [-0.3, -0.25) is 9.52 Å². The zero-order chi connectivity index (χ0) is 21.0. The van der Waals surface area contributed by atoms with Crippen molar-refractivity contribution >= 4 is 21.9 Å². The number of phenolic OH excluding ortho intramolecular Hbond substituents is 3. The lowest BCUT2D eigenvalue weighted by atomic mass is 10.1. The number of aromatic hydroxyl groups is 3. The van der Waals surface area contributed by atoms with Gasteiger partial charge in [-0.1, -0.05) is 30.3 Å². The molecule has 3 aromatic rings. The van der Waals surface area contributed by atoms with E-state index in [1.807, 2.05) is 0 Å². The van der Waals surface area contributed by atoms with E-state index in [0.717, 1.165) is 6.07 Å². The molecule has 0 atom stereocenters. The molecule has 148 valence electrons. The van der Waals surface area contributed by atoms with Crippen LogP contribution in [-0.4, -0.2) is 29.5 Å². The van der Waals surface area contributed by atoms with Crippen molar-refractivity contribution in [2.45, 2.75) is 4.90 Å². The third kappa shape index (κ3) is 4.74. The molecule has 3 aromatic carbocycles. The van der Waals surface area contributed by atoms with E-state index in [9.17, 15) is 28.5 Å². The topological polar surface area (TPSA) is 124 Å². The van der Waals surface area contributed by atoms with Crippen molar-refractivity contribution in [3.05, 3.63) is 89.6 Å². The Hall–Kier alpha value is -3.78. The summed E-state index contributed by atoms with van der Waals surface area (Å²) in [6.07, 6.45) is 1.18. The number of hydrogen-bond donors (Lipinski definition) is 4. The fourth-order valence-corrected chi connectivity index (χ4v) is 3.58.